The van der Waals surface area contributed by atoms with Crippen LogP contribution in [0.4, 0.5) is 10.1 Å². The molecule has 0 aliphatic heterocycles. The van der Waals surface area contributed by atoms with Crippen LogP contribution in [0.2, 0.25) is 5.02 Å². The molecule has 1 aromatic carbocycles. The van der Waals surface area contributed by atoms with Crippen molar-refractivity contribution in [3.8, 4) is 0 Å². The molecular formula is C13H17Cl2FN2O3. The Balaban J connectivity index is 0.00000400. The monoisotopic (exact) mass is 338 g/mol. The van der Waals surface area contributed by atoms with Gasteiger partial charge in [-0.05, 0) is 32.2 Å². The molecule has 5 nitrogen and oxygen atoms in total. The number of carbonyl (C=O) groups excluding carboxylic acids is 1. The van der Waals surface area contributed by atoms with Crippen molar-refractivity contribution in [3.63, 3.8) is 0 Å². The molecule has 0 aliphatic rings. The van der Waals surface area contributed by atoms with Crippen LogP contribution in [-0.4, -0.2) is 41.5 Å². The Labute approximate surface area is 133 Å². The highest BCUT2D eigenvalue weighted by molar-refractivity contribution is 6.30. The van der Waals surface area contributed by atoms with E-state index >= 15 is 0 Å². The van der Waals surface area contributed by atoms with E-state index in [4.69, 9.17) is 16.7 Å². The molecule has 0 aliphatic carbocycles. The first kappa shape index (κ1) is 19.6. The summed E-state index contributed by atoms with van der Waals surface area (Å²) in [5.74, 6) is -1.95. The number of halogens is 3. The minimum Gasteiger partial charge on any atom is -0.481 e. The van der Waals surface area contributed by atoms with Crippen LogP contribution in [0, 0.1) is 5.82 Å². The summed E-state index contributed by atoms with van der Waals surface area (Å²) < 4.78 is 13.5. The van der Waals surface area contributed by atoms with Gasteiger partial charge >= 0.3 is 5.97 Å². The summed E-state index contributed by atoms with van der Waals surface area (Å²) in [6, 6.07) is 3.28. The minimum atomic E-state index is -0.939. The maximum atomic E-state index is 13.5. The van der Waals surface area contributed by atoms with E-state index in [1.165, 1.54) is 12.1 Å². The van der Waals surface area contributed by atoms with Gasteiger partial charge in [0.1, 0.15) is 5.82 Å². The maximum absolute atomic E-state index is 13.5. The Morgan fingerprint density at radius 1 is 1.48 bits per heavy atom. The summed E-state index contributed by atoms with van der Waals surface area (Å²) in [6.07, 6.45) is -0.0698. The number of carboxylic acid groups (broad SMARTS) is 1. The molecule has 1 unspecified atom stereocenters. The van der Waals surface area contributed by atoms with E-state index in [9.17, 15) is 14.0 Å². The van der Waals surface area contributed by atoms with Gasteiger partial charge in [0.2, 0.25) is 5.91 Å². The lowest BCUT2D eigenvalue weighted by Gasteiger charge is -2.23. The molecule has 0 spiro atoms. The van der Waals surface area contributed by atoms with E-state index in [1.807, 2.05) is 0 Å². The van der Waals surface area contributed by atoms with Gasteiger partial charge in [-0.1, -0.05) is 11.6 Å². The number of nitrogens with zero attached hydrogens (tertiary/aromatic N) is 1. The highest BCUT2D eigenvalue weighted by Crippen LogP contribution is 2.19. The molecule has 0 saturated carbocycles. The van der Waals surface area contributed by atoms with Gasteiger partial charge in [0, 0.05) is 11.6 Å². The lowest BCUT2D eigenvalue weighted by Crippen LogP contribution is -2.40. The first-order chi connectivity index (χ1) is 9.31. The Morgan fingerprint density at radius 3 is 2.67 bits per heavy atom. The topological polar surface area (TPSA) is 69.6 Å². The lowest BCUT2D eigenvalue weighted by molar-refractivity contribution is -0.137. The number of likely N-dealkylation sites (N-methyl/N-ethyl adjacent to an activating group) is 1. The Hall–Kier alpha value is -1.37. The van der Waals surface area contributed by atoms with Gasteiger partial charge in [-0.3, -0.25) is 14.5 Å². The molecule has 0 fully saturated rings. The fourth-order valence-corrected chi connectivity index (χ4v) is 1.67. The van der Waals surface area contributed by atoms with Crippen LogP contribution < -0.4 is 5.32 Å². The average Bonchev–Trinajstić information content (AvgIpc) is 2.39. The summed E-state index contributed by atoms with van der Waals surface area (Å²) in [7, 11) is 1.63. The number of aliphatic carboxylic acids is 1. The van der Waals surface area contributed by atoms with Gasteiger partial charge in [-0.25, -0.2) is 4.39 Å². The predicted molar refractivity (Wildman–Crippen MR) is 81.6 cm³/mol. The molecule has 1 atom stereocenters. The smallest absolute Gasteiger partial charge is 0.304 e. The molecule has 0 bridgehead atoms. The van der Waals surface area contributed by atoms with Gasteiger partial charge in [0.25, 0.3) is 0 Å². The molecule has 0 heterocycles. The minimum absolute atomic E-state index is 0. The largest absolute Gasteiger partial charge is 0.481 e. The highest BCUT2D eigenvalue weighted by Gasteiger charge is 2.19. The molecular weight excluding hydrogens is 322 g/mol. The maximum Gasteiger partial charge on any atom is 0.304 e. The molecule has 1 aromatic rings. The Bertz CT molecular complexity index is 514. The van der Waals surface area contributed by atoms with Crippen LogP contribution in [0.5, 0.6) is 0 Å². The zero-order valence-corrected chi connectivity index (χ0v) is 13.2. The van der Waals surface area contributed by atoms with E-state index in [0.29, 0.717) is 5.02 Å². The van der Waals surface area contributed by atoms with Crippen molar-refractivity contribution >= 4 is 41.6 Å². The van der Waals surface area contributed by atoms with Crippen LogP contribution >= 0.6 is 24.0 Å². The standard InChI is InChI=1S/C13H16ClFN2O3.ClH/c1-8(17(2)6-5-12(18)19)13(20)16-11-7-9(14)3-4-10(11)15;/h3-4,7-8H,5-6H2,1-2H3,(H,16,20)(H,18,19);1H. The quantitative estimate of drug-likeness (QED) is 0.836. The predicted octanol–water partition coefficient (Wildman–Crippen LogP) is 2.63. The van der Waals surface area contributed by atoms with Crippen molar-refractivity contribution in [3.05, 3.63) is 29.0 Å². The van der Waals surface area contributed by atoms with Crippen LogP contribution in [0.3, 0.4) is 0 Å². The summed E-state index contributed by atoms with van der Waals surface area (Å²) >= 11 is 5.73. The molecule has 118 valence electrons. The van der Waals surface area contributed by atoms with Gasteiger partial charge in [0.15, 0.2) is 0 Å². The van der Waals surface area contributed by atoms with Crippen LogP contribution in [-0.2, 0) is 9.59 Å². The molecule has 0 radical (unpaired) electrons. The number of amides is 1. The van der Waals surface area contributed by atoms with Crippen LogP contribution in [0.25, 0.3) is 0 Å². The van der Waals surface area contributed by atoms with Crippen LogP contribution in [0.15, 0.2) is 18.2 Å². The van der Waals surface area contributed by atoms with Crippen molar-refractivity contribution in [2.45, 2.75) is 19.4 Å². The number of carboxylic acids is 1. The summed E-state index contributed by atoms with van der Waals surface area (Å²) in [5, 5.41) is 11.3. The number of carbonyl (C=O) groups is 2. The summed E-state index contributed by atoms with van der Waals surface area (Å²) in [6.45, 7) is 1.83. The first-order valence-electron chi connectivity index (χ1n) is 5.99. The van der Waals surface area contributed by atoms with Crippen molar-refractivity contribution in [2.24, 2.45) is 0 Å². The lowest BCUT2D eigenvalue weighted by atomic mass is 10.2. The SMILES string of the molecule is CC(C(=O)Nc1cc(Cl)ccc1F)N(C)CCC(=O)O.Cl. The molecule has 2 N–H and O–H groups in total. The summed E-state index contributed by atoms with van der Waals surface area (Å²) in [4.78, 5) is 24.0. The third-order valence-electron chi connectivity index (χ3n) is 2.91. The second-order valence-corrected chi connectivity index (χ2v) is 4.85. The fraction of sp³-hybridized carbons (Fsp3) is 0.385. The third kappa shape index (κ3) is 6.29. The highest BCUT2D eigenvalue weighted by atomic mass is 35.5. The zero-order valence-electron chi connectivity index (χ0n) is 11.6. The van der Waals surface area contributed by atoms with E-state index in [0.717, 1.165) is 6.07 Å². The van der Waals surface area contributed by atoms with Gasteiger partial charge in [0.05, 0.1) is 18.2 Å². The second kappa shape index (κ2) is 8.81. The van der Waals surface area contributed by atoms with Gasteiger partial charge in [-0.2, -0.15) is 0 Å². The Morgan fingerprint density at radius 2 is 2.10 bits per heavy atom. The molecule has 0 saturated heterocycles. The Kier molecular flexibility index (Phi) is 8.24. The van der Waals surface area contributed by atoms with E-state index in [-0.39, 0.29) is 31.1 Å². The average molecular weight is 339 g/mol. The zero-order chi connectivity index (χ0) is 15.3. The number of hydrogen-bond acceptors (Lipinski definition) is 3. The number of benzene rings is 1. The van der Waals surface area contributed by atoms with Crippen LogP contribution in [0.1, 0.15) is 13.3 Å². The molecule has 8 heteroatoms. The molecule has 0 aromatic heterocycles. The normalized spacial score (nSPS) is 11.7. The van der Waals surface area contributed by atoms with Crippen molar-refractivity contribution in [2.75, 3.05) is 18.9 Å². The van der Waals surface area contributed by atoms with E-state index in [2.05, 4.69) is 5.32 Å². The number of rotatable bonds is 6. The van der Waals surface area contributed by atoms with E-state index in [1.54, 1.807) is 18.9 Å². The number of hydrogen-bond donors (Lipinski definition) is 2. The first-order valence-corrected chi connectivity index (χ1v) is 6.37. The fourth-order valence-electron chi connectivity index (χ4n) is 1.50. The second-order valence-electron chi connectivity index (χ2n) is 4.41. The summed E-state index contributed by atoms with van der Waals surface area (Å²) in [5.41, 5.74) is 0.000912. The van der Waals surface area contributed by atoms with Gasteiger partial charge < -0.3 is 10.4 Å². The van der Waals surface area contributed by atoms with Gasteiger partial charge in [-0.15, -0.1) is 12.4 Å². The van der Waals surface area contributed by atoms with Crippen molar-refractivity contribution in [1.29, 1.82) is 0 Å². The number of nitrogens with one attached hydrogen (secondary N) is 1. The molecule has 21 heavy (non-hydrogen) atoms. The van der Waals surface area contributed by atoms with E-state index < -0.39 is 23.7 Å². The molecule has 1 rings (SSSR count). The van der Waals surface area contributed by atoms with Crippen molar-refractivity contribution in [1.82, 2.24) is 4.90 Å². The number of anilines is 1. The molecule has 1 amide bonds. The third-order valence-corrected chi connectivity index (χ3v) is 3.14. The van der Waals surface area contributed by atoms with Crippen molar-refractivity contribution < 1.29 is 19.1 Å².